The molecule has 0 aliphatic rings. The fraction of sp³-hybridized carbons (Fsp3) is 0.667. The summed E-state index contributed by atoms with van der Waals surface area (Å²) < 4.78 is 0. The summed E-state index contributed by atoms with van der Waals surface area (Å²) in [6, 6.07) is 0.328. The van der Waals surface area contributed by atoms with Crippen molar-refractivity contribution in [2.45, 2.75) is 38.8 Å². The van der Waals surface area contributed by atoms with Gasteiger partial charge >= 0.3 is 5.97 Å². The fourth-order valence-electron chi connectivity index (χ4n) is 1.12. The molecule has 3 heteroatoms. The number of aliphatic carboxylic acids is 1. The van der Waals surface area contributed by atoms with Gasteiger partial charge in [0.2, 0.25) is 0 Å². The zero-order valence-corrected chi connectivity index (χ0v) is 7.71. The Balaban J connectivity index is 3.59. The van der Waals surface area contributed by atoms with E-state index in [2.05, 4.69) is 11.9 Å². The summed E-state index contributed by atoms with van der Waals surface area (Å²) in [4.78, 5) is 10.3. The Morgan fingerprint density at radius 2 is 2.17 bits per heavy atom. The van der Waals surface area contributed by atoms with E-state index in [1.165, 1.54) is 0 Å². The zero-order chi connectivity index (χ0) is 9.56. The van der Waals surface area contributed by atoms with E-state index in [1.54, 1.807) is 0 Å². The van der Waals surface area contributed by atoms with Crippen LogP contribution in [0.25, 0.3) is 0 Å². The third-order valence-electron chi connectivity index (χ3n) is 1.57. The van der Waals surface area contributed by atoms with Gasteiger partial charge < -0.3 is 10.4 Å². The Labute approximate surface area is 73.5 Å². The highest BCUT2D eigenvalue weighted by molar-refractivity contribution is 5.67. The highest BCUT2D eigenvalue weighted by atomic mass is 16.4. The standard InChI is InChI=1S/C9H17NO2/c1-4-5-7(2)10-8(3)6-9(11)12/h4,7-8,10H,1,5-6H2,2-3H3,(H,11,12). The summed E-state index contributed by atoms with van der Waals surface area (Å²) in [6.07, 6.45) is 2.86. The van der Waals surface area contributed by atoms with Crippen LogP contribution in [0, 0.1) is 0 Å². The number of hydrogen-bond acceptors (Lipinski definition) is 2. The quantitative estimate of drug-likeness (QED) is 0.594. The van der Waals surface area contributed by atoms with Crippen LogP contribution in [0.2, 0.25) is 0 Å². The third kappa shape index (κ3) is 5.92. The first kappa shape index (κ1) is 11.2. The molecule has 0 saturated heterocycles. The maximum absolute atomic E-state index is 10.3. The lowest BCUT2D eigenvalue weighted by Crippen LogP contribution is -2.35. The van der Waals surface area contributed by atoms with E-state index in [0.29, 0.717) is 6.04 Å². The Morgan fingerprint density at radius 1 is 1.58 bits per heavy atom. The molecule has 12 heavy (non-hydrogen) atoms. The lowest BCUT2D eigenvalue weighted by Gasteiger charge is -2.16. The number of hydrogen-bond donors (Lipinski definition) is 2. The topological polar surface area (TPSA) is 49.3 Å². The van der Waals surface area contributed by atoms with Crippen molar-refractivity contribution in [1.29, 1.82) is 0 Å². The normalized spacial score (nSPS) is 15.2. The average molecular weight is 171 g/mol. The van der Waals surface area contributed by atoms with E-state index < -0.39 is 5.97 Å². The minimum absolute atomic E-state index is 0.0254. The molecule has 2 N–H and O–H groups in total. The van der Waals surface area contributed by atoms with Gasteiger partial charge in [0.1, 0.15) is 0 Å². The van der Waals surface area contributed by atoms with Crippen molar-refractivity contribution in [3.05, 3.63) is 12.7 Å². The predicted molar refractivity (Wildman–Crippen MR) is 49.1 cm³/mol. The van der Waals surface area contributed by atoms with Crippen LogP contribution in [0.4, 0.5) is 0 Å². The maximum atomic E-state index is 10.3. The van der Waals surface area contributed by atoms with E-state index in [4.69, 9.17) is 5.11 Å². The fourth-order valence-corrected chi connectivity index (χ4v) is 1.12. The molecule has 0 aromatic heterocycles. The van der Waals surface area contributed by atoms with Crippen LogP contribution < -0.4 is 5.32 Å². The zero-order valence-electron chi connectivity index (χ0n) is 7.71. The SMILES string of the molecule is C=CCC(C)NC(C)CC(=O)O. The van der Waals surface area contributed by atoms with Gasteiger partial charge in [-0.25, -0.2) is 0 Å². The first-order chi connectivity index (χ1) is 5.56. The molecule has 0 spiro atoms. The molecular weight excluding hydrogens is 154 g/mol. The summed E-state index contributed by atoms with van der Waals surface area (Å²) in [5.41, 5.74) is 0. The van der Waals surface area contributed by atoms with Gasteiger partial charge in [0.05, 0.1) is 6.42 Å². The van der Waals surface area contributed by atoms with Crippen molar-refractivity contribution >= 4 is 5.97 Å². The van der Waals surface area contributed by atoms with Crippen molar-refractivity contribution in [3.63, 3.8) is 0 Å². The van der Waals surface area contributed by atoms with E-state index in [9.17, 15) is 4.79 Å². The van der Waals surface area contributed by atoms with Crippen molar-refractivity contribution in [3.8, 4) is 0 Å². The molecule has 0 heterocycles. The Hall–Kier alpha value is -0.830. The molecule has 2 unspecified atom stereocenters. The Morgan fingerprint density at radius 3 is 2.58 bits per heavy atom. The third-order valence-corrected chi connectivity index (χ3v) is 1.57. The van der Waals surface area contributed by atoms with Crippen molar-refractivity contribution in [1.82, 2.24) is 5.32 Å². The van der Waals surface area contributed by atoms with Crippen LogP contribution in [-0.2, 0) is 4.79 Å². The predicted octanol–water partition coefficient (Wildman–Crippen LogP) is 1.40. The molecule has 0 rings (SSSR count). The number of carboxylic acid groups (broad SMARTS) is 1. The molecule has 0 radical (unpaired) electrons. The first-order valence-corrected chi connectivity index (χ1v) is 4.15. The molecule has 0 saturated carbocycles. The van der Waals surface area contributed by atoms with Crippen LogP contribution in [0.1, 0.15) is 26.7 Å². The number of nitrogens with one attached hydrogen (secondary N) is 1. The molecule has 0 aliphatic heterocycles. The minimum atomic E-state index is -0.763. The number of rotatable bonds is 6. The van der Waals surface area contributed by atoms with Gasteiger partial charge in [-0.05, 0) is 20.3 Å². The van der Waals surface area contributed by atoms with E-state index in [-0.39, 0.29) is 12.5 Å². The molecule has 0 fully saturated rings. The maximum Gasteiger partial charge on any atom is 0.304 e. The van der Waals surface area contributed by atoms with Crippen LogP contribution in [0.3, 0.4) is 0 Å². The van der Waals surface area contributed by atoms with Gasteiger partial charge in [-0.1, -0.05) is 6.08 Å². The second-order valence-electron chi connectivity index (χ2n) is 3.09. The van der Waals surface area contributed by atoms with Crippen molar-refractivity contribution in [2.24, 2.45) is 0 Å². The van der Waals surface area contributed by atoms with Crippen LogP contribution in [0.15, 0.2) is 12.7 Å². The molecule has 3 nitrogen and oxygen atoms in total. The number of carboxylic acids is 1. The largest absolute Gasteiger partial charge is 0.481 e. The van der Waals surface area contributed by atoms with E-state index >= 15 is 0 Å². The molecule has 0 aromatic carbocycles. The summed E-state index contributed by atoms with van der Waals surface area (Å²) >= 11 is 0. The molecule has 0 amide bonds. The second-order valence-corrected chi connectivity index (χ2v) is 3.09. The first-order valence-electron chi connectivity index (χ1n) is 4.15. The van der Waals surface area contributed by atoms with Gasteiger partial charge in [0.15, 0.2) is 0 Å². The molecule has 0 aromatic rings. The van der Waals surface area contributed by atoms with Crippen LogP contribution >= 0.6 is 0 Å². The molecule has 0 bridgehead atoms. The average Bonchev–Trinajstić information content (AvgIpc) is 1.84. The second kappa shape index (κ2) is 5.77. The smallest absolute Gasteiger partial charge is 0.304 e. The van der Waals surface area contributed by atoms with Gasteiger partial charge in [-0.3, -0.25) is 4.79 Å². The van der Waals surface area contributed by atoms with Crippen LogP contribution in [0.5, 0.6) is 0 Å². The lowest BCUT2D eigenvalue weighted by atomic mass is 10.1. The lowest BCUT2D eigenvalue weighted by molar-refractivity contribution is -0.137. The Bertz CT molecular complexity index is 157. The highest BCUT2D eigenvalue weighted by Gasteiger charge is 2.09. The summed E-state index contributed by atoms with van der Waals surface area (Å²) in [7, 11) is 0. The highest BCUT2D eigenvalue weighted by Crippen LogP contribution is 1.96. The molecular formula is C9H17NO2. The molecule has 0 aliphatic carbocycles. The monoisotopic (exact) mass is 171 g/mol. The van der Waals surface area contributed by atoms with E-state index in [0.717, 1.165) is 6.42 Å². The Kier molecular flexibility index (Phi) is 5.37. The van der Waals surface area contributed by atoms with Gasteiger partial charge in [-0.2, -0.15) is 0 Å². The summed E-state index contributed by atoms with van der Waals surface area (Å²) in [6.45, 7) is 7.50. The summed E-state index contributed by atoms with van der Waals surface area (Å²) in [5, 5.41) is 11.6. The summed E-state index contributed by atoms with van der Waals surface area (Å²) in [5.74, 6) is -0.763. The minimum Gasteiger partial charge on any atom is -0.481 e. The number of carbonyl (C=O) groups is 1. The van der Waals surface area contributed by atoms with Crippen molar-refractivity contribution < 1.29 is 9.90 Å². The molecule has 70 valence electrons. The van der Waals surface area contributed by atoms with Gasteiger partial charge in [-0.15, -0.1) is 6.58 Å². The van der Waals surface area contributed by atoms with Gasteiger partial charge in [0.25, 0.3) is 0 Å². The van der Waals surface area contributed by atoms with Crippen LogP contribution in [-0.4, -0.2) is 23.2 Å². The van der Waals surface area contributed by atoms with Crippen molar-refractivity contribution in [2.75, 3.05) is 0 Å². The van der Waals surface area contributed by atoms with E-state index in [1.807, 2.05) is 19.9 Å². The molecule has 2 atom stereocenters. The van der Waals surface area contributed by atoms with Gasteiger partial charge in [0, 0.05) is 12.1 Å².